The Bertz CT molecular complexity index is 1990. The van der Waals surface area contributed by atoms with Gasteiger partial charge in [0.1, 0.15) is 5.69 Å². The number of hydrogen-bond donors (Lipinski definition) is 2. The summed E-state index contributed by atoms with van der Waals surface area (Å²) in [4.78, 5) is 16.6. The van der Waals surface area contributed by atoms with E-state index in [0.717, 1.165) is 56.0 Å². The van der Waals surface area contributed by atoms with Crippen LogP contribution in [0.4, 0.5) is 0 Å². The van der Waals surface area contributed by atoms with Crippen molar-refractivity contribution in [2.75, 3.05) is 5.75 Å². The number of nitrogens with zero attached hydrogens (tertiary/aromatic N) is 1. The predicted octanol–water partition coefficient (Wildman–Crippen LogP) is 9.39. The highest BCUT2D eigenvalue weighted by Gasteiger charge is 2.38. The van der Waals surface area contributed by atoms with Crippen LogP contribution in [0.5, 0.6) is 0 Å². The fourth-order valence-electron chi connectivity index (χ4n) is 6.40. The van der Waals surface area contributed by atoms with E-state index in [0.29, 0.717) is 17.5 Å². The van der Waals surface area contributed by atoms with E-state index in [4.69, 9.17) is 18.9 Å². The molecule has 0 radical (unpaired) electrons. The molecule has 4 atom stereocenters. The van der Waals surface area contributed by atoms with Crippen LogP contribution in [0, 0.1) is 5.92 Å². The maximum atomic E-state index is 11.6. The second kappa shape index (κ2) is 15.9. The third-order valence-electron chi connectivity index (χ3n) is 9.22. The molecule has 0 saturated carbocycles. The van der Waals surface area contributed by atoms with E-state index < -0.39 is 6.29 Å². The van der Waals surface area contributed by atoms with Crippen molar-refractivity contribution >= 4 is 17.7 Å². The zero-order valence-electron chi connectivity index (χ0n) is 28.6. The van der Waals surface area contributed by atoms with E-state index in [1.54, 1.807) is 11.8 Å². The van der Waals surface area contributed by atoms with Gasteiger partial charge in [-0.05, 0) is 27.8 Å². The SMILES string of the molecule is CC(=O)NCc1ccccc1-c1ccc([C@@H]2O[C@H](CSc3nc(-c4ccccc4)c(-c4ccccc4)o3)[C@H](C)[C@H](c3ccc(CO)cc3)O2)cc1. The van der Waals surface area contributed by atoms with Crippen molar-refractivity contribution < 1.29 is 23.8 Å². The van der Waals surface area contributed by atoms with Gasteiger partial charge < -0.3 is 24.3 Å². The molecule has 1 fully saturated rings. The molecule has 1 aliphatic heterocycles. The Morgan fingerprint density at radius 1 is 0.765 bits per heavy atom. The van der Waals surface area contributed by atoms with Crippen LogP contribution in [0.15, 0.2) is 143 Å². The normalized spacial score (nSPS) is 18.7. The van der Waals surface area contributed by atoms with Gasteiger partial charge in [0, 0.05) is 41.8 Å². The first-order valence-electron chi connectivity index (χ1n) is 17.1. The molecule has 51 heavy (non-hydrogen) atoms. The molecule has 1 amide bonds. The number of thioether (sulfide) groups is 1. The number of rotatable bonds is 11. The van der Waals surface area contributed by atoms with Crippen LogP contribution in [0.2, 0.25) is 0 Å². The number of amides is 1. The fourth-order valence-corrected chi connectivity index (χ4v) is 7.39. The van der Waals surface area contributed by atoms with Gasteiger partial charge in [-0.1, -0.05) is 152 Å². The standard InChI is InChI=1S/C43H40N2O5S/c1-28-38(27-51-43-45-39(32-11-5-3-6-12-32)41(50-43)33-13-7-4-8-14-33)48-42(49-40(28)34-19-17-30(26-46)18-20-34)35-23-21-31(22-24-35)37-16-10-9-15-36(37)25-44-29(2)47/h3-24,28,38,40,42,46H,25-27H2,1-2H3,(H,44,47)/t28-,38+,40+,42+/m0/s1. The average Bonchev–Trinajstić information content (AvgIpc) is 3.62. The average molecular weight is 697 g/mol. The Kier molecular flexibility index (Phi) is 10.8. The minimum absolute atomic E-state index is 0.00537. The lowest BCUT2D eigenvalue weighted by atomic mass is 9.91. The lowest BCUT2D eigenvalue weighted by molar-refractivity contribution is -0.268. The molecule has 2 heterocycles. The summed E-state index contributed by atoms with van der Waals surface area (Å²) < 4.78 is 19.9. The maximum absolute atomic E-state index is 11.6. The van der Waals surface area contributed by atoms with Crippen molar-refractivity contribution in [2.45, 2.75) is 50.7 Å². The molecule has 0 aliphatic carbocycles. The zero-order chi connectivity index (χ0) is 35.2. The van der Waals surface area contributed by atoms with Crippen LogP contribution in [0.3, 0.4) is 0 Å². The van der Waals surface area contributed by atoms with E-state index in [9.17, 15) is 9.90 Å². The first-order chi connectivity index (χ1) is 25.0. The number of aliphatic hydroxyl groups excluding tert-OH is 1. The van der Waals surface area contributed by atoms with E-state index in [-0.39, 0.29) is 30.6 Å². The monoisotopic (exact) mass is 696 g/mol. The molecule has 0 bridgehead atoms. The summed E-state index contributed by atoms with van der Waals surface area (Å²) in [7, 11) is 0. The highest BCUT2D eigenvalue weighted by molar-refractivity contribution is 7.99. The number of aromatic nitrogens is 1. The third-order valence-corrected chi connectivity index (χ3v) is 10.1. The molecule has 7 nitrogen and oxygen atoms in total. The molecule has 1 aliphatic rings. The molecule has 6 aromatic rings. The molecular formula is C43H40N2O5S. The first-order valence-corrected chi connectivity index (χ1v) is 18.1. The van der Waals surface area contributed by atoms with Crippen molar-refractivity contribution in [3.05, 3.63) is 156 Å². The summed E-state index contributed by atoms with van der Waals surface area (Å²) in [5, 5.41) is 13.1. The molecule has 7 rings (SSSR count). The topological polar surface area (TPSA) is 93.8 Å². The van der Waals surface area contributed by atoms with E-state index in [2.05, 4.69) is 30.4 Å². The Labute approximate surface area is 302 Å². The molecule has 8 heteroatoms. The highest BCUT2D eigenvalue weighted by Crippen LogP contribution is 2.44. The van der Waals surface area contributed by atoms with Gasteiger partial charge in [-0.3, -0.25) is 4.79 Å². The molecule has 1 aromatic heterocycles. The largest absolute Gasteiger partial charge is 0.431 e. The lowest BCUT2D eigenvalue weighted by Gasteiger charge is -2.41. The minimum atomic E-state index is -0.609. The Hall–Kier alpha value is -4.99. The minimum Gasteiger partial charge on any atom is -0.431 e. The van der Waals surface area contributed by atoms with Gasteiger partial charge in [-0.25, -0.2) is 4.98 Å². The summed E-state index contributed by atoms with van der Waals surface area (Å²) in [6.07, 6.45) is -1.05. The van der Waals surface area contributed by atoms with Crippen LogP contribution in [-0.4, -0.2) is 27.9 Å². The quantitative estimate of drug-likeness (QED) is 0.130. The van der Waals surface area contributed by atoms with Gasteiger partial charge in [0.15, 0.2) is 12.1 Å². The number of benzene rings is 5. The molecule has 1 saturated heterocycles. The lowest BCUT2D eigenvalue weighted by Crippen LogP contribution is -2.38. The zero-order valence-corrected chi connectivity index (χ0v) is 29.4. The van der Waals surface area contributed by atoms with Gasteiger partial charge in [-0.15, -0.1) is 0 Å². The summed E-state index contributed by atoms with van der Waals surface area (Å²) in [5.74, 6) is 1.28. The molecule has 0 spiro atoms. The van der Waals surface area contributed by atoms with Crippen molar-refractivity contribution in [3.8, 4) is 33.7 Å². The summed E-state index contributed by atoms with van der Waals surface area (Å²) >= 11 is 1.54. The van der Waals surface area contributed by atoms with Crippen molar-refractivity contribution in [1.29, 1.82) is 0 Å². The smallest absolute Gasteiger partial charge is 0.256 e. The fraction of sp³-hybridized carbons (Fsp3) is 0.209. The number of aliphatic hydroxyl groups is 1. The van der Waals surface area contributed by atoms with E-state index >= 15 is 0 Å². The number of oxazole rings is 1. The van der Waals surface area contributed by atoms with Crippen LogP contribution in [0.25, 0.3) is 33.7 Å². The van der Waals surface area contributed by atoms with Crippen LogP contribution in [0.1, 0.15) is 48.5 Å². The highest BCUT2D eigenvalue weighted by atomic mass is 32.2. The maximum Gasteiger partial charge on any atom is 0.256 e. The molecule has 2 N–H and O–H groups in total. The number of nitrogens with one attached hydrogen (secondary N) is 1. The van der Waals surface area contributed by atoms with Gasteiger partial charge in [0.25, 0.3) is 5.22 Å². The summed E-state index contributed by atoms with van der Waals surface area (Å²) in [6, 6.07) is 44.4. The number of carbonyl (C=O) groups is 1. The number of carbonyl (C=O) groups excluding carboxylic acids is 1. The second-order valence-corrected chi connectivity index (χ2v) is 13.7. The second-order valence-electron chi connectivity index (χ2n) is 12.7. The van der Waals surface area contributed by atoms with Gasteiger partial charge in [0.05, 0.1) is 18.8 Å². The van der Waals surface area contributed by atoms with Gasteiger partial charge >= 0.3 is 0 Å². The molecule has 0 unspecified atom stereocenters. The molecule has 258 valence electrons. The van der Waals surface area contributed by atoms with Gasteiger partial charge in [-0.2, -0.15) is 0 Å². The van der Waals surface area contributed by atoms with Crippen molar-refractivity contribution in [2.24, 2.45) is 5.92 Å². The first kappa shape index (κ1) is 34.5. The van der Waals surface area contributed by atoms with Crippen LogP contribution < -0.4 is 5.32 Å². The Balaban J connectivity index is 1.16. The Morgan fingerprint density at radius 2 is 1.41 bits per heavy atom. The van der Waals surface area contributed by atoms with Crippen molar-refractivity contribution in [3.63, 3.8) is 0 Å². The third kappa shape index (κ3) is 8.00. The van der Waals surface area contributed by atoms with Crippen LogP contribution >= 0.6 is 11.8 Å². The van der Waals surface area contributed by atoms with Crippen molar-refractivity contribution in [1.82, 2.24) is 10.3 Å². The van der Waals surface area contributed by atoms with E-state index in [1.165, 1.54) is 6.92 Å². The number of hydrogen-bond acceptors (Lipinski definition) is 7. The Morgan fingerprint density at radius 3 is 2.10 bits per heavy atom. The molecular weight excluding hydrogens is 657 g/mol. The van der Waals surface area contributed by atoms with Crippen LogP contribution in [-0.2, 0) is 27.4 Å². The van der Waals surface area contributed by atoms with E-state index in [1.807, 2.05) is 115 Å². The van der Waals surface area contributed by atoms with Gasteiger partial charge in [0.2, 0.25) is 5.91 Å². The summed E-state index contributed by atoms with van der Waals surface area (Å²) in [6.45, 7) is 4.12. The predicted molar refractivity (Wildman–Crippen MR) is 200 cm³/mol. The molecule has 5 aromatic carbocycles. The number of ether oxygens (including phenoxy) is 2. The summed E-state index contributed by atoms with van der Waals surface area (Å²) in [5.41, 5.74) is 8.71.